The lowest BCUT2D eigenvalue weighted by atomic mass is 10.1. The average Bonchev–Trinajstić information content (AvgIpc) is 3.13. The van der Waals surface area contributed by atoms with E-state index in [0.717, 1.165) is 23.3 Å². The van der Waals surface area contributed by atoms with Crippen LogP contribution < -0.4 is 10.6 Å². The largest absolute Gasteiger partial charge is 0.367 e. The molecule has 3 aromatic rings. The molecule has 0 atom stereocenters. The van der Waals surface area contributed by atoms with Crippen LogP contribution in [0.1, 0.15) is 36.8 Å². The van der Waals surface area contributed by atoms with Crippen LogP contribution in [0, 0.1) is 6.92 Å². The van der Waals surface area contributed by atoms with E-state index in [2.05, 4.69) is 58.9 Å². The standard InChI is InChI=1S/C21H24N4/c1-15-7-6-8-16(13-15)14-22-21-24-19-12-5-4-11-18(19)20(25-21)23-17-9-2-3-10-17/h4-8,11-13,17H,2-3,9-10,14H2,1H3,(H2,22,23,24,25). The Bertz CT molecular complexity index is 869. The molecular formula is C21H24N4. The van der Waals surface area contributed by atoms with E-state index in [1.165, 1.54) is 36.8 Å². The van der Waals surface area contributed by atoms with Crippen LogP contribution in [-0.2, 0) is 6.54 Å². The molecule has 1 aliphatic carbocycles. The monoisotopic (exact) mass is 332 g/mol. The van der Waals surface area contributed by atoms with Crippen molar-refractivity contribution in [3.8, 4) is 0 Å². The van der Waals surface area contributed by atoms with Crippen LogP contribution in [-0.4, -0.2) is 16.0 Å². The van der Waals surface area contributed by atoms with E-state index in [1.54, 1.807) is 0 Å². The Morgan fingerprint density at radius 1 is 1.00 bits per heavy atom. The lowest BCUT2D eigenvalue weighted by molar-refractivity contribution is 0.751. The Balaban J connectivity index is 1.59. The van der Waals surface area contributed by atoms with Gasteiger partial charge in [0.1, 0.15) is 5.82 Å². The summed E-state index contributed by atoms with van der Waals surface area (Å²) in [5.41, 5.74) is 3.48. The van der Waals surface area contributed by atoms with Gasteiger partial charge in [-0.1, -0.05) is 54.8 Å². The number of anilines is 2. The molecule has 2 N–H and O–H groups in total. The maximum Gasteiger partial charge on any atom is 0.225 e. The second-order valence-electron chi connectivity index (χ2n) is 6.88. The van der Waals surface area contributed by atoms with Gasteiger partial charge in [0.25, 0.3) is 0 Å². The molecule has 0 unspecified atom stereocenters. The van der Waals surface area contributed by atoms with Gasteiger partial charge in [0.15, 0.2) is 0 Å². The summed E-state index contributed by atoms with van der Waals surface area (Å²) in [5.74, 6) is 1.63. The first-order chi connectivity index (χ1) is 12.3. The molecule has 0 bridgehead atoms. The van der Waals surface area contributed by atoms with Crippen molar-refractivity contribution in [1.82, 2.24) is 9.97 Å². The van der Waals surface area contributed by atoms with Crippen molar-refractivity contribution >= 4 is 22.7 Å². The molecule has 0 saturated heterocycles. The van der Waals surface area contributed by atoms with E-state index in [4.69, 9.17) is 4.98 Å². The number of aryl methyl sites for hydroxylation is 1. The minimum Gasteiger partial charge on any atom is -0.367 e. The summed E-state index contributed by atoms with van der Waals surface area (Å²) in [6.07, 6.45) is 5.06. The van der Waals surface area contributed by atoms with E-state index in [1.807, 2.05) is 12.1 Å². The average molecular weight is 332 g/mol. The van der Waals surface area contributed by atoms with Gasteiger partial charge in [-0.2, -0.15) is 4.98 Å². The summed E-state index contributed by atoms with van der Waals surface area (Å²) in [6.45, 7) is 2.84. The number of para-hydroxylation sites is 1. The first-order valence-electron chi connectivity index (χ1n) is 9.11. The zero-order valence-corrected chi connectivity index (χ0v) is 14.6. The first-order valence-corrected chi connectivity index (χ1v) is 9.11. The third-order valence-electron chi connectivity index (χ3n) is 4.83. The van der Waals surface area contributed by atoms with Crippen molar-refractivity contribution in [2.24, 2.45) is 0 Å². The Hall–Kier alpha value is -2.62. The predicted molar refractivity (Wildman–Crippen MR) is 104 cm³/mol. The molecule has 1 aromatic heterocycles. The van der Waals surface area contributed by atoms with Crippen molar-refractivity contribution < 1.29 is 0 Å². The smallest absolute Gasteiger partial charge is 0.225 e. The van der Waals surface area contributed by atoms with Gasteiger partial charge < -0.3 is 10.6 Å². The lowest BCUT2D eigenvalue weighted by Crippen LogP contribution is -2.17. The van der Waals surface area contributed by atoms with Crippen LogP contribution in [0.15, 0.2) is 48.5 Å². The fourth-order valence-electron chi connectivity index (χ4n) is 3.53. The van der Waals surface area contributed by atoms with E-state index >= 15 is 0 Å². The van der Waals surface area contributed by atoms with Gasteiger partial charge in [-0.05, 0) is 37.5 Å². The summed E-state index contributed by atoms with van der Waals surface area (Å²) in [7, 11) is 0. The van der Waals surface area contributed by atoms with Crippen molar-refractivity contribution in [1.29, 1.82) is 0 Å². The lowest BCUT2D eigenvalue weighted by Gasteiger charge is -2.16. The predicted octanol–water partition coefficient (Wildman–Crippen LogP) is 4.90. The zero-order valence-electron chi connectivity index (χ0n) is 14.6. The molecule has 4 rings (SSSR count). The highest BCUT2D eigenvalue weighted by molar-refractivity contribution is 5.90. The second-order valence-corrected chi connectivity index (χ2v) is 6.88. The maximum atomic E-state index is 4.77. The Kier molecular flexibility index (Phi) is 4.51. The van der Waals surface area contributed by atoms with Gasteiger partial charge in [-0.25, -0.2) is 4.98 Å². The van der Waals surface area contributed by atoms with Crippen molar-refractivity contribution in [3.63, 3.8) is 0 Å². The fraction of sp³-hybridized carbons (Fsp3) is 0.333. The molecule has 0 aliphatic heterocycles. The highest BCUT2D eigenvalue weighted by Gasteiger charge is 2.17. The van der Waals surface area contributed by atoms with Crippen molar-refractivity contribution in [2.45, 2.75) is 45.2 Å². The fourth-order valence-corrected chi connectivity index (χ4v) is 3.53. The topological polar surface area (TPSA) is 49.8 Å². The van der Waals surface area contributed by atoms with Gasteiger partial charge in [-0.15, -0.1) is 0 Å². The molecule has 25 heavy (non-hydrogen) atoms. The maximum absolute atomic E-state index is 4.77. The molecule has 2 aromatic carbocycles. The van der Waals surface area contributed by atoms with Crippen LogP contribution in [0.4, 0.5) is 11.8 Å². The number of fused-ring (bicyclic) bond motifs is 1. The molecule has 0 radical (unpaired) electrons. The SMILES string of the molecule is Cc1cccc(CNc2nc(NC3CCCC3)c3ccccc3n2)c1. The van der Waals surface area contributed by atoms with Gasteiger partial charge in [-0.3, -0.25) is 0 Å². The van der Waals surface area contributed by atoms with Gasteiger partial charge >= 0.3 is 0 Å². The molecule has 0 spiro atoms. The molecule has 4 heteroatoms. The number of nitrogens with one attached hydrogen (secondary N) is 2. The summed E-state index contributed by atoms with van der Waals surface area (Å²) in [4.78, 5) is 9.45. The third-order valence-corrected chi connectivity index (χ3v) is 4.83. The summed E-state index contributed by atoms with van der Waals surface area (Å²) in [5, 5.41) is 8.12. The molecule has 0 amide bonds. The Labute approximate surface area is 148 Å². The highest BCUT2D eigenvalue weighted by atomic mass is 15.1. The number of nitrogens with zero attached hydrogens (tertiary/aromatic N) is 2. The van der Waals surface area contributed by atoms with Gasteiger partial charge in [0.2, 0.25) is 5.95 Å². The number of aromatic nitrogens is 2. The Morgan fingerprint density at radius 3 is 2.68 bits per heavy atom. The highest BCUT2D eigenvalue weighted by Crippen LogP contribution is 2.27. The molecule has 128 valence electrons. The summed E-state index contributed by atoms with van der Waals surface area (Å²) < 4.78 is 0. The van der Waals surface area contributed by atoms with Crippen molar-refractivity contribution in [3.05, 3.63) is 59.7 Å². The number of hydrogen-bond acceptors (Lipinski definition) is 4. The molecular weight excluding hydrogens is 308 g/mol. The number of benzene rings is 2. The minimum absolute atomic E-state index is 0.530. The van der Waals surface area contributed by atoms with Crippen molar-refractivity contribution in [2.75, 3.05) is 10.6 Å². The molecule has 4 nitrogen and oxygen atoms in total. The third kappa shape index (κ3) is 3.73. The van der Waals surface area contributed by atoms with Crippen LogP contribution in [0.25, 0.3) is 10.9 Å². The van der Waals surface area contributed by atoms with Crippen LogP contribution in [0.3, 0.4) is 0 Å². The molecule has 1 saturated carbocycles. The summed E-state index contributed by atoms with van der Waals surface area (Å²) in [6, 6.07) is 17.3. The van der Waals surface area contributed by atoms with Crippen LogP contribution in [0.2, 0.25) is 0 Å². The zero-order chi connectivity index (χ0) is 17.1. The van der Waals surface area contributed by atoms with Gasteiger partial charge in [0.05, 0.1) is 5.52 Å². The van der Waals surface area contributed by atoms with E-state index in [0.29, 0.717) is 12.0 Å². The van der Waals surface area contributed by atoms with Crippen LogP contribution >= 0.6 is 0 Å². The summed E-state index contributed by atoms with van der Waals surface area (Å²) >= 11 is 0. The molecule has 1 aliphatic rings. The second kappa shape index (κ2) is 7.09. The molecule has 1 fully saturated rings. The molecule has 1 heterocycles. The van der Waals surface area contributed by atoms with Crippen LogP contribution in [0.5, 0.6) is 0 Å². The van der Waals surface area contributed by atoms with E-state index < -0.39 is 0 Å². The Morgan fingerprint density at radius 2 is 1.84 bits per heavy atom. The van der Waals surface area contributed by atoms with Gasteiger partial charge in [0, 0.05) is 18.0 Å². The normalized spacial score (nSPS) is 14.8. The number of hydrogen-bond donors (Lipinski definition) is 2. The van der Waals surface area contributed by atoms with E-state index in [9.17, 15) is 0 Å². The number of rotatable bonds is 5. The first kappa shape index (κ1) is 15.9. The minimum atomic E-state index is 0.530. The quantitative estimate of drug-likeness (QED) is 0.697. The van der Waals surface area contributed by atoms with E-state index in [-0.39, 0.29) is 0 Å².